The lowest BCUT2D eigenvalue weighted by Crippen LogP contribution is -2.61. The smallest absolute Gasteiger partial charge is 0.252 e. The molecule has 2 atom stereocenters. The van der Waals surface area contributed by atoms with Crippen LogP contribution in [0.25, 0.3) is 22.3 Å². The van der Waals surface area contributed by atoms with Gasteiger partial charge in [0.2, 0.25) is 0 Å². The van der Waals surface area contributed by atoms with E-state index in [1.54, 1.807) is 0 Å². The summed E-state index contributed by atoms with van der Waals surface area (Å²) in [6, 6.07) is 64.5. The molecule has 2 aliphatic carbocycles. The Kier molecular flexibility index (Phi) is 11.2. The average Bonchev–Trinajstić information content (AvgIpc) is 3.84. The van der Waals surface area contributed by atoms with Crippen LogP contribution in [-0.4, -0.2) is 12.3 Å². The van der Waals surface area contributed by atoms with Gasteiger partial charge < -0.3 is 14.7 Å². The van der Waals surface area contributed by atoms with Crippen LogP contribution in [0.4, 0.5) is 45.5 Å². The Morgan fingerprint density at radius 1 is 0.447 bits per heavy atom. The van der Waals surface area contributed by atoms with Gasteiger partial charge in [-0.1, -0.05) is 191 Å². The van der Waals surface area contributed by atoms with Crippen molar-refractivity contribution in [1.82, 2.24) is 0 Å². The van der Waals surface area contributed by atoms with Crippen molar-refractivity contribution in [2.45, 2.75) is 149 Å². The molecule has 1 fully saturated rings. The lowest BCUT2D eigenvalue weighted by molar-refractivity contribution is 0.218. The number of rotatable bonds is 5. The quantitative estimate of drug-likeness (QED) is 0.159. The monoisotopic (exact) mass is 994 g/mol. The molecule has 76 heavy (non-hydrogen) atoms. The maximum Gasteiger partial charge on any atom is 0.252 e. The molecule has 0 saturated heterocycles. The summed E-state index contributed by atoms with van der Waals surface area (Å²) >= 11 is 0. The van der Waals surface area contributed by atoms with Crippen molar-refractivity contribution in [2.75, 3.05) is 14.7 Å². The van der Waals surface area contributed by atoms with E-state index in [1.807, 2.05) is 0 Å². The summed E-state index contributed by atoms with van der Waals surface area (Å²) in [6.45, 7) is 26.5. The molecule has 8 aromatic carbocycles. The number of hydrogen-bond acceptors (Lipinski definition) is 3. The fourth-order valence-electron chi connectivity index (χ4n) is 14.9. The maximum atomic E-state index is 2.81. The molecule has 3 aliphatic heterocycles. The van der Waals surface area contributed by atoms with Crippen molar-refractivity contribution >= 4 is 68.6 Å². The van der Waals surface area contributed by atoms with E-state index in [9.17, 15) is 0 Å². The molecule has 382 valence electrons. The number of benzene rings is 8. The van der Waals surface area contributed by atoms with E-state index in [4.69, 9.17) is 0 Å². The highest BCUT2D eigenvalue weighted by molar-refractivity contribution is 7.00. The topological polar surface area (TPSA) is 9.72 Å². The Hall–Kier alpha value is -6.78. The van der Waals surface area contributed by atoms with Crippen LogP contribution >= 0.6 is 0 Å². The van der Waals surface area contributed by atoms with Crippen molar-refractivity contribution in [3.8, 4) is 22.3 Å². The average molecular weight is 994 g/mol. The van der Waals surface area contributed by atoms with Crippen LogP contribution in [0.2, 0.25) is 0 Å². The second-order valence-corrected chi connectivity index (χ2v) is 26.8. The predicted octanol–water partition coefficient (Wildman–Crippen LogP) is 17.7. The molecule has 3 heterocycles. The van der Waals surface area contributed by atoms with Gasteiger partial charge in [-0.25, -0.2) is 0 Å². The standard InChI is InChI=1S/C72H76BN3/c1-47-38-65-67-66(39-47)75(61-35-31-53(69(5,6)7)43-56(61)49-26-18-15-19-27-49)64-44-54(76-62-29-21-20-28-57(62)71(10)36-22-12-13-23-37-72(71,76)11)32-33-58(64)73(67)59-40-50-45-70(8,9)46-51(50)41-63(59)74(65)60-34-30-52(68(2,3)4)42-55(60)48-24-16-14-17-25-48/h14-21,24-35,38-44H,12-13,22-23,36-37,45-46H2,1-11H3. The normalized spacial score (nSPS) is 20.2. The van der Waals surface area contributed by atoms with Crippen molar-refractivity contribution < 1.29 is 0 Å². The molecule has 4 heteroatoms. The summed E-state index contributed by atoms with van der Waals surface area (Å²) < 4.78 is 0. The molecule has 2 unspecified atom stereocenters. The van der Waals surface area contributed by atoms with Crippen LogP contribution in [0, 0.1) is 12.3 Å². The van der Waals surface area contributed by atoms with E-state index >= 15 is 0 Å². The number of anilines is 8. The largest absolute Gasteiger partial charge is 0.334 e. The summed E-state index contributed by atoms with van der Waals surface area (Å²) in [5.41, 5.74) is 27.8. The molecule has 0 aromatic heterocycles. The maximum absolute atomic E-state index is 2.81. The Bertz CT molecular complexity index is 3610. The molecule has 0 spiro atoms. The van der Waals surface area contributed by atoms with Crippen LogP contribution in [0.3, 0.4) is 0 Å². The second kappa shape index (κ2) is 17.4. The molecule has 3 nitrogen and oxygen atoms in total. The second-order valence-electron chi connectivity index (χ2n) is 26.8. The zero-order valence-corrected chi connectivity index (χ0v) is 47.2. The number of aryl methyl sites for hydroxylation is 1. The number of nitrogens with zero attached hydrogens (tertiary/aromatic N) is 3. The van der Waals surface area contributed by atoms with E-state index < -0.39 is 0 Å². The van der Waals surface area contributed by atoms with Gasteiger partial charge in [0, 0.05) is 50.7 Å². The van der Waals surface area contributed by atoms with Crippen LogP contribution in [0.5, 0.6) is 0 Å². The van der Waals surface area contributed by atoms with E-state index in [2.05, 4.69) is 255 Å². The summed E-state index contributed by atoms with van der Waals surface area (Å²) in [4.78, 5) is 8.20. The SMILES string of the molecule is Cc1cc2c3c(c1)N(c1ccc(C(C)(C)C)cc1-c1ccccc1)c1cc4c(cc1B3c1ccc(N3c5ccccc5C5(C)CCCCCCC35C)cc1N2c1ccc(C(C)(C)C)cc1-c1ccccc1)CC(C)(C)C4. The molecule has 0 radical (unpaired) electrons. The van der Waals surface area contributed by atoms with Crippen molar-refractivity contribution in [3.05, 3.63) is 197 Å². The number of fused-ring (bicyclic) bond motifs is 8. The van der Waals surface area contributed by atoms with Crippen molar-refractivity contribution in [2.24, 2.45) is 5.41 Å². The van der Waals surface area contributed by atoms with E-state index in [-0.39, 0.29) is 33.9 Å². The van der Waals surface area contributed by atoms with Gasteiger partial charge in [0.15, 0.2) is 0 Å². The highest BCUT2D eigenvalue weighted by Gasteiger charge is 2.57. The minimum atomic E-state index is -0.0969. The molecule has 8 aromatic rings. The summed E-state index contributed by atoms with van der Waals surface area (Å²) in [6.07, 6.45) is 9.63. The van der Waals surface area contributed by atoms with Gasteiger partial charge in [-0.3, -0.25) is 0 Å². The minimum absolute atomic E-state index is 0.00215. The fourth-order valence-corrected chi connectivity index (χ4v) is 14.9. The predicted molar refractivity (Wildman–Crippen MR) is 327 cm³/mol. The third-order valence-electron chi connectivity index (χ3n) is 19.0. The third kappa shape index (κ3) is 7.58. The summed E-state index contributed by atoms with van der Waals surface area (Å²) in [5, 5.41) is 0. The van der Waals surface area contributed by atoms with E-state index in [0.29, 0.717) is 0 Å². The lowest BCUT2D eigenvalue weighted by Gasteiger charge is -2.49. The molecule has 0 N–H and O–H groups in total. The van der Waals surface area contributed by atoms with Crippen LogP contribution in [0.1, 0.15) is 141 Å². The van der Waals surface area contributed by atoms with Gasteiger partial charge in [-0.2, -0.15) is 0 Å². The molecule has 1 saturated carbocycles. The van der Waals surface area contributed by atoms with Gasteiger partial charge >= 0.3 is 0 Å². The first-order chi connectivity index (χ1) is 36.3. The highest BCUT2D eigenvalue weighted by Crippen LogP contribution is 2.60. The third-order valence-corrected chi connectivity index (χ3v) is 19.0. The first-order valence-corrected chi connectivity index (χ1v) is 28.7. The van der Waals surface area contributed by atoms with Crippen molar-refractivity contribution in [1.29, 1.82) is 0 Å². The van der Waals surface area contributed by atoms with Gasteiger partial charge in [0.1, 0.15) is 0 Å². The first kappa shape index (κ1) is 48.8. The number of para-hydroxylation sites is 1. The Balaban J connectivity index is 1.13. The fraction of sp³-hybridized carbons (Fsp3) is 0.333. The lowest BCUT2D eigenvalue weighted by atomic mass is 9.33. The zero-order chi connectivity index (χ0) is 52.7. The Labute approximate surface area is 455 Å². The van der Waals surface area contributed by atoms with E-state index in [1.165, 1.54) is 150 Å². The van der Waals surface area contributed by atoms with Crippen molar-refractivity contribution in [3.63, 3.8) is 0 Å². The molecule has 13 rings (SSSR count). The molecule has 0 amide bonds. The van der Waals surface area contributed by atoms with Crippen LogP contribution < -0.4 is 31.1 Å². The van der Waals surface area contributed by atoms with Gasteiger partial charge in [0.05, 0.1) is 16.9 Å². The molecular weight excluding hydrogens is 918 g/mol. The zero-order valence-electron chi connectivity index (χ0n) is 47.2. The molecule has 5 aliphatic rings. The van der Waals surface area contributed by atoms with Crippen LogP contribution in [0.15, 0.2) is 164 Å². The van der Waals surface area contributed by atoms with Gasteiger partial charge in [0.25, 0.3) is 6.71 Å². The Morgan fingerprint density at radius 2 is 0.974 bits per heavy atom. The number of hydrogen-bond donors (Lipinski definition) is 0. The minimum Gasteiger partial charge on any atom is -0.334 e. The molecular formula is C72H76BN3. The highest BCUT2D eigenvalue weighted by atomic mass is 15.3. The van der Waals surface area contributed by atoms with Gasteiger partial charge in [-0.05, 0) is 177 Å². The van der Waals surface area contributed by atoms with Crippen LogP contribution in [-0.2, 0) is 29.1 Å². The molecule has 0 bridgehead atoms. The van der Waals surface area contributed by atoms with Gasteiger partial charge in [-0.15, -0.1) is 0 Å². The Morgan fingerprint density at radius 3 is 1.55 bits per heavy atom. The summed E-state index contributed by atoms with van der Waals surface area (Å²) in [7, 11) is 0. The summed E-state index contributed by atoms with van der Waals surface area (Å²) in [5.74, 6) is 0. The first-order valence-electron chi connectivity index (χ1n) is 28.7. The van der Waals surface area contributed by atoms with E-state index in [0.717, 1.165) is 19.3 Å².